The van der Waals surface area contributed by atoms with E-state index in [9.17, 15) is 4.79 Å². The molecule has 122 valence electrons. The van der Waals surface area contributed by atoms with E-state index in [4.69, 9.17) is 0 Å². The number of imidazole rings is 1. The summed E-state index contributed by atoms with van der Waals surface area (Å²) in [6, 6.07) is 4.39. The van der Waals surface area contributed by atoms with Gasteiger partial charge in [0.15, 0.2) is 0 Å². The van der Waals surface area contributed by atoms with Crippen LogP contribution in [-0.4, -0.2) is 44.9 Å². The van der Waals surface area contributed by atoms with Crippen LogP contribution in [0.4, 0.5) is 0 Å². The summed E-state index contributed by atoms with van der Waals surface area (Å²) in [4.78, 5) is 24.3. The van der Waals surface area contributed by atoms with Crippen LogP contribution < -0.4 is 0 Å². The Kier molecular flexibility index (Phi) is 3.95. The van der Waals surface area contributed by atoms with Crippen LogP contribution >= 0.6 is 11.3 Å². The third kappa shape index (κ3) is 2.93. The van der Waals surface area contributed by atoms with Crippen LogP contribution in [0.5, 0.6) is 0 Å². The normalized spacial score (nSPS) is 18.4. The number of hydrogen-bond donors (Lipinski definition) is 0. The molecule has 0 aliphatic carbocycles. The van der Waals surface area contributed by atoms with Gasteiger partial charge >= 0.3 is 0 Å². The van der Waals surface area contributed by atoms with Crippen LogP contribution in [-0.2, 0) is 19.6 Å². The lowest BCUT2D eigenvalue weighted by atomic mass is 10.3. The standard InChI is InChI=1S/C17H22N4OS/c1-13-4-5-14(23-13)11-19-8-9-21-15(10-18-16(21)12-19)17(22)20-6-2-3-7-20/h4-5,10H,2-3,6-9,11-12H2,1H3. The fourth-order valence-corrected chi connectivity index (χ4v) is 4.42. The number of aryl methyl sites for hydroxylation is 1. The van der Waals surface area contributed by atoms with Crippen molar-refractivity contribution in [1.29, 1.82) is 0 Å². The smallest absolute Gasteiger partial charge is 0.272 e. The summed E-state index contributed by atoms with van der Waals surface area (Å²) in [5.74, 6) is 1.18. The lowest BCUT2D eigenvalue weighted by molar-refractivity contribution is 0.0777. The minimum absolute atomic E-state index is 0.156. The van der Waals surface area contributed by atoms with Crippen LogP contribution in [0.3, 0.4) is 0 Å². The third-order valence-electron chi connectivity index (χ3n) is 4.73. The second kappa shape index (κ2) is 6.09. The number of nitrogens with zero attached hydrogens (tertiary/aromatic N) is 4. The molecule has 0 aromatic carbocycles. The van der Waals surface area contributed by atoms with E-state index < -0.39 is 0 Å². The van der Waals surface area contributed by atoms with Crippen molar-refractivity contribution >= 4 is 17.2 Å². The van der Waals surface area contributed by atoms with E-state index in [1.165, 1.54) is 9.75 Å². The Hall–Kier alpha value is -1.66. The minimum atomic E-state index is 0.156. The average Bonchev–Trinajstić information content (AvgIpc) is 3.27. The van der Waals surface area contributed by atoms with Crippen molar-refractivity contribution < 1.29 is 4.79 Å². The summed E-state index contributed by atoms with van der Waals surface area (Å²) >= 11 is 1.86. The molecule has 0 N–H and O–H groups in total. The lowest BCUT2D eigenvalue weighted by Gasteiger charge is -2.28. The topological polar surface area (TPSA) is 41.4 Å². The third-order valence-corrected chi connectivity index (χ3v) is 5.72. The van der Waals surface area contributed by atoms with E-state index >= 15 is 0 Å². The van der Waals surface area contributed by atoms with Crippen molar-refractivity contribution in [2.45, 2.75) is 39.4 Å². The van der Waals surface area contributed by atoms with Gasteiger partial charge in [-0.1, -0.05) is 0 Å². The summed E-state index contributed by atoms with van der Waals surface area (Å²) in [5.41, 5.74) is 0.772. The summed E-state index contributed by atoms with van der Waals surface area (Å²) < 4.78 is 2.12. The first-order chi connectivity index (χ1) is 11.2. The maximum absolute atomic E-state index is 12.6. The van der Waals surface area contributed by atoms with Gasteiger partial charge < -0.3 is 9.47 Å². The van der Waals surface area contributed by atoms with E-state index in [0.717, 1.165) is 63.6 Å². The largest absolute Gasteiger partial charge is 0.337 e. The molecule has 0 saturated carbocycles. The molecular weight excluding hydrogens is 308 g/mol. The molecule has 1 amide bonds. The quantitative estimate of drug-likeness (QED) is 0.868. The SMILES string of the molecule is Cc1ccc(CN2CCn3c(C(=O)N4CCCC4)cnc3C2)s1. The van der Waals surface area contributed by atoms with Gasteiger partial charge in [-0.25, -0.2) is 4.98 Å². The van der Waals surface area contributed by atoms with Crippen LogP contribution in [0.15, 0.2) is 18.3 Å². The van der Waals surface area contributed by atoms with E-state index in [0.29, 0.717) is 0 Å². The zero-order valence-electron chi connectivity index (χ0n) is 13.5. The predicted molar refractivity (Wildman–Crippen MR) is 90.5 cm³/mol. The summed E-state index contributed by atoms with van der Waals surface area (Å²) in [7, 11) is 0. The maximum Gasteiger partial charge on any atom is 0.272 e. The highest BCUT2D eigenvalue weighted by Crippen LogP contribution is 2.22. The summed E-state index contributed by atoms with van der Waals surface area (Å²) in [5, 5.41) is 0. The van der Waals surface area contributed by atoms with Gasteiger partial charge in [0, 0.05) is 42.5 Å². The van der Waals surface area contributed by atoms with Crippen molar-refractivity contribution in [3.8, 4) is 0 Å². The first-order valence-electron chi connectivity index (χ1n) is 8.32. The molecule has 1 fully saturated rings. The molecule has 1 saturated heterocycles. The molecule has 5 nitrogen and oxygen atoms in total. The van der Waals surface area contributed by atoms with E-state index in [1.807, 2.05) is 16.2 Å². The van der Waals surface area contributed by atoms with Gasteiger partial charge in [-0.05, 0) is 31.9 Å². The number of amides is 1. The number of aromatic nitrogens is 2. The Morgan fingerprint density at radius 1 is 1.22 bits per heavy atom. The molecule has 2 aromatic rings. The second-order valence-electron chi connectivity index (χ2n) is 6.43. The molecular formula is C17H22N4OS. The van der Waals surface area contributed by atoms with Gasteiger partial charge in [0.1, 0.15) is 11.5 Å². The van der Waals surface area contributed by atoms with Crippen LogP contribution in [0.25, 0.3) is 0 Å². The van der Waals surface area contributed by atoms with Gasteiger partial charge in [0.05, 0.1) is 12.7 Å². The Bertz CT molecular complexity index is 714. The highest BCUT2D eigenvalue weighted by Gasteiger charge is 2.27. The van der Waals surface area contributed by atoms with E-state index in [1.54, 1.807) is 6.20 Å². The van der Waals surface area contributed by atoms with E-state index in [2.05, 4.69) is 33.5 Å². The Morgan fingerprint density at radius 3 is 2.78 bits per heavy atom. The predicted octanol–water partition coefficient (Wildman–Crippen LogP) is 2.50. The number of carbonyl (C=O) groups excluding carboxylic acids is 1. The number of carbonyl (C=O) groups is 1. The van der Waals surface area contributed by atoms with Crippen LogP contribution in [0, 0.1) is 6.92 Å². The molecule has 2 aliphatic heterocycles. The van der Waals surface area contributed by atoms with Gasteiger partial charge in [0.2, 0.25) is 0 Å². The molecule has 0 spiro atoms. The molecule has 0 atom stereocenters. The summed E-state index contributed by atoms with van der Waals surface area (Å²) in [6.07, 6.45) is 4.02. The highest BCUT2D eigenvalue weighted by atomic mass is 32.1. The molecule has 23 heavy (non-hydrogen) atoms. The second-order valence-corrected chi connectivity index (χ2v) is 7.81. The lowest BCUT2D eigenvalue weighted by Crippen LogP contribution is -2.36. The number of fused-ring (bicyclic) bond motifs is 1. The molecule has 4 rings (SSSR count). The van der Waals surface area contributed by atoms with Crippen molar-refractivity contribution in [2.75, 3.05) is 19.6 Å². The maximum atomic E-state index is 12.6. The number of likely N-dealkylation sites (tertiary alicyclic amines) is 1. The summed E-state index contributed by atoms with van der Waals surface area (Å²) in [6.45, 7) is 7.56. The fraction of sp³-hybridized carbons (Fsp3) is 0.529. The zero-order chi connectivity index (χ0) is 15.8. The zero-order valence-corrected chi connectivity index (χ0v) is 14.3. The molecule has 6 heteroatoms. The van der Waals surface area contributed by atoms with Gasteiger partial charge in [-0.15, -0.1) is 11.3 Å². The van der Waals surface area contributed by atoms with Gasteiger partial charge in [-0.3, -0.25) is 9.69 Å². The monoisotopic (exact) mass is 330 g/mol. The minimum Gasteiger partial charge on any atom is -0.337 e. The Balaban J connectivity index is 1.47. The molecule has 0 radical (unpaired) electrons. The van der Waals surface area contributed by atoms with Crippen molar-refractivity contribution in [2.24, 2.45) is 0 Å². The van der Waals surface area contributed by atoms with E-state index in [-0.39, 0.29) is 5.91 Å². The average molecular weight is 330 g/mol. The number of hydrogen-bond acceptors (Lipinski definition) is 4. The fourth-order valence-electron chi connectivity index (χ4n) is 3.49. The van der Waals surface area contributed by atoms with Crippen LogP contribution in [0.1, 0.15) is 38.9 Å². The first kappa shape index (κ1) is 14.9. The first-order valence-corrected chi connectivity index (χ1v) is 9.14. The van der Waals surface area contributed by atoms with Crippen molar-refractivity contribution in [3.63, 3.8) is 0 Å². The van der Waals surface area contributed by atoms with Crippen molar-refractivity contribution in [1.82, 2.24) is 19.4 Å². The molecule has 2 aromatic heterocycles. The Morgan fingerprint density at radius 2 is 2.04 bits per heavy atom. The number of rotatable bonds is 3. The number of thiophene rings is 1. The Labute approximate surface area is 140 Å². The van der Waals surface area contributed by atoms with Crippen LogP contribution in [0.2, 0.25) is 0 Å². The van der Waals surface area contributed by atoms with Gasteiger partial charge in [-0.2, -0.15) is 0 Å². The van der Waals surface area contributed by atoms with Gasteiger partial charge in [0.25, 0.3) is 5.91 Å². The molecule has 4 heterocycles. The molecule has 0 bridgehead atoms. The molecule has 0 unspecified atom stereocenters. The van der Waals surface area contributed by atoms with Crippen molar-refractivity contribution in [3.05, 3.63) is 39.6 Å². The highest BCUT2D eigenvalue weighted by molar-refractivity contribution is 7.11. The molecule has 2 aliphatic rings.